The van der Waals surface area contributed by atoms with Gasteiger partial charge in [-0.3, -0.25) is 9.69 Å². The van der Waals surface area contributed by atoms with Crippen LogP contribution in [0.2, 0.25) is 0 Å². The van der Waals surface area contributed by atoms with Gasteiger partial charge < -0.3 is 9.64 Å². The van der Waals surface area contributed by atoms with Gasteiger partial charge in [0.1, 0.15) is 11.8 Å². The van der Waals surface area contributed by atoms with Gasteiger partial charge in [-0.15, -0.1) is 13.2 Å². The number of halogens is 3. The number of ether oxygens (including phenoxy) is 1. The Hall–Kier alpha value is -2.27. The Balaban J connectivity index is 2.21. The molecule has 1 unspecified atom stereocenters. The second kappa shape index (κ2) is 6.23. The third-order valence-corrected chi connectivity index (χ3v) is 3.43. The van der Waals surface area contributed by atoms with Gasteiger partial charge in [-0.25, -0.2) is 0 Å². The minimum absolute atomic E-state index is 0.145. The molecule has 22 heavy (non-hydrogen) atoms. The fourth-order valence-electron chi connectivity index (χ4n) is 2.22. The SMILES string of the molecule is CN1CCN(C(=O)c2ccccc2OC(F)(F)F)CC1C#N. The molecule has 0 radical (unpaired) electrons. The number of likely N-dealkylation sites (N-methyl/N-ethyl adjacent to an activating group) is 1. The molecule has 1 heterocycles. The summed E-state index contributed by atoms with van der Waals surface area (Å²) in [6.07, 6.45) is -4.87. The van der Waals surface area contributed by atoms with Crippen molar-refractivity contribution < 1.29 is 22.7 Å². The molecule has 1 aromatic rings. The molecule has 5 nitrogen and oxygen atoms in total. The van der Waals surface area contributed by atoms with Crippen molar-refractivity contribution in [1.29, 1.82) is 5.26 Å². The average molecular weight is 313 g/mol. The maximum Gasteiger partial charge on any atom is 0.573 e. The van der Waals surface area contributed by atoms with Gasteiger partial charge >= 0.3 is 6.36 Å². The Morgan fingerprint density at radius 3 is 2.68 bits per heavy atom. The van der Waals surface area contributed by atoms with E-state index in [-0.39, 0.29) is 12.1 Å². The standard InChI is InChI=1S/C14H14F3N3O2/c1-19-6-7-20(9-10(19)8-18)13(21)11-4-2-3-5-12(11)22-14(15,16)17/h2-5,10H,6-7,9H2,1H3. The molecule has 0 N–H and O–H groups in total. The number of rotatable bonds is 2. The minimum atomic E-state index is -4.87. The lowest BCUT2D eigenvalue weighted by molar-refractivity contribution is -0.274. The number of hydrogen-bond acceptors (Lipinski definition) is 4. The van der Waals surface area contributed by atoms with Crippen LogP contribution in [0, 0.1) is 11.3 Å². The first-order valence-corrected chi connectivity index (χ1v) is 6.55. The van der Waals surface area contributed by atoms with Gasteiger partial charge in [-0.05, 0) is 19.2 Å². The number of carbonyl (C=O) groups excluding carboxylic acids is 1. The van der Waals surface area contributed by atoms with E-state index in [0.717, 1.165) is 6.07 Å². The van der Waals surface area contributed by atoms with Crippen LogP contribution in [0.3, 0.4) is 0 Å². The van der Waals surface area contributed by atoms with Crippen molar-refractivity contribution in [1.82, 2.24) is 9.80 Å². The highest BCUT2D eigenvalue weighted by Gasteiger charge is 2.34. The second-order valence-corrected chi connectivity index (χ2v) is 4.92. The first kappa shape index (κ1) is 16.1. The second-order valence-electron chi connectivity index (χ2n) is 4.92. The Labute approximate surface area is 125 Å². The zero-order valence-electron chi connectivity index (χ0n) is 11.8. The molecule has 0 aliphatic carbocycles. The van der Waals surface area contributed by atoms with E-state index in [2.05, 4.69) is 10.8 Å². The number of benzene rings is 1. The minimum Gasteiger partial charge on any atom is -0.405 e. The molecular weight excluding hydrogens is 299 g/mol. The fourth-order valence-corrected chi connectivity index (χ4v) is 2.22. The Morgan fingerprint density at radius 1 is 1.36 bits per heavy atom. The lowest BCUT2D eigenvalue weighted by Crippen LogP contribution is -2.52. The van der Waals surface area contributed by atoms with E-state index in [4.69, 9.17) is 5.26 Å². The maximum atomic E-state index is 12.4. The molecule has 1 fully saturated rings. The number of nitrogens with zero attached hydrogens (tertiary/aromatic N) is 3. The molecule has 1 aromatic carbocycles. The topological polar surface area (TPSA) is 56.6 Å². The number of alkyl halides is 3. The van der Waals surface area contributed by atoms with Crippen LogP contribution in [0.15, 0.2) is 24.3 Å². The molecule has 0 aromatic heterocycles. The van der Waals surface area contributed by atoms with E-state index in [1.165, 1.54) is 23.1 Å². The van der Waals surface area contributed by atoms with Crippen molar-refractivity contribution in [3.05, 3.63) is 29.8 Å². The summed E-state index contributed by atoms with van der Waals surface area (Å²) >= 11 is 0. The summed E-state index contributed by atoms with van der Waals surface area (Å²) < 4.78 is 41.1. The van der Waals surface area contributed by atoms with E-state index in [1.807, 2.05) is 0 Å². The molecule has 118 valence electrons. The summed E-state index contributed by atoms with van der Waals surface area (Å²) in [7, 11) is 1.76. The zero-order chi connectivity index (χ0) is 16.3. The van der Waals surface area contributed by atoms with Crippen molar-refractivity contribution in [3.63, 3.8) is 0 Å². The maximum absolute atomic E-state index is 12.4. The summed E-state index contributed by atoms with van der Waals surface area (Å²) in [5.74, 6) is -1.11. The smallest absolute Gasteiger partial charge is 0.405 e. The van der Waals surface area contributed by atoms with Gasteiger partial charge in [0, 0.05) is 19.6 Å². The third kappa shape index (κ3) is 3.68. The molecule has 0 bridgehead atoms. The predicted molar refractivity (Wildman–Crippen MR) is 71.1 cm³/mol. The van der Waals surface area contributed by atoms with Gasteiger partial charge in [0.2, 0.25) is 0 Å². The molecule has 1 aliphatic heterocycles. The summed E-state index contributed by atoms with van der Waals surface area (Å²) in [6.45, 7) is 0.965. The summed E-state index contributed by atoms with van der Waals surface area (Å²) in [6, 6.07) is 6.79. The normalized spacial score (nSPS) is 19.6. The lowest BCUT2D eigenvalue weighted by Gasteiger charge is -2.36. The monoisotopic (exact) mass is 313 g/mol. The first-order valence-electron chi connectivity index (χ1n) is 6.55. The molecule has 2 rings (SSSR count). The van der Waals surface area contributed by atoms with Crippen LogP contribution in [0.25, 0.3) is 0 Å². The summed E-state index contributed by atoms with van der Waals surface area (Å²) in [4.78, 5) is 15.6. The zero-order valence-corrected chi connectivity index (χ0v) is 11.8. The van der Waals surface area contributed by atoms with Crippen LogP contribution in [0.4, 0.5) is 13.2 Å². The first-order chi connectivity index (χ1) is 10.3. The van der Waals surface area contributed by atoms with E-state index >= 15 is 0 Å². The number of hydrogen-bond donors (Lipinski definition) is 0. The molecule has 1 atom stereocenters. The molecular formula is C14H14F3N3O2. The van der Waals surface area contributed by atoms with E-state index in [9.17, 15) is 18.0 Å². The fraction of sp³-hybridized carbons (Fsp3) is 0.429. The quantitative estimate of drug-likeness (QED) is 0.836. The molecule has 1 aliphatic rings. The van der Waals surface area contributed by atoms with Crippen LogP contribution in [-0.4, -0.2) is 54.8 Å². The van der Waals surface area contributed by atoms with Gasteiger partial charge in [-0.1, -0.05) is 12.1 Å². The van der Waals surface area contributed by atoms with Crippen molar-refractivity contribution in [2.24, 2.45) is 0 Å². The van der Waals surface area contributed by atoms with E-state index in [1.54, 1.807) is 11.9 Å². The lowest BCUT2D eigenvalue weighted by atomic mass is 10.1. The van der Waals surface area contributed by atoms with Crippen LogP contribution >= 0.6 is 0 Å². The van der Waals surface area contributed by atoms with Gasteiger partial charge in [-0.2, -0.15) is 5.26 Å². The van der Waals surface area contributed by atoms with Crippen LogP contribution < -0.4 is 4.74 Å². The highest BCUT2D eigenvalue weighted by atomic mass is 19.4. The number of amides is 1. The molecule has 1 amide bonds. The third-order valence-electron chi connectivity index (χ3n) is 3.43. The average Bonchev–Trinajstić information content (AvgIpc) is 2.46. The number of piperazine rings is 1. The number of para-hydroxylation sites is 1. The van der Waals surface area contributed by atoms with Gasteiger partial charge in [0.15, 0.2) is 0 Å². The number of nitriles is 1. The Bertz CT molecular complexity index is 598. The van der Waals surface area contributed by atoms with Crippen molar-refractivity contribution in [2.45, 2.75) is 12.4 Å². The van der Waals surface area contributed by atoms with Gasteiger partial charge in [0.05, 0.1) is 11.6 Å². The molecule has 1 saturated heterocycles. The Kier molecular flexibility index (Phi) is 4.56. The molecule has 0 saturated carbocycles. The van der Waals surface area contributed by atoms with Crippen LogP contribution in [-0.2, 0) is 0 Å². The van der Waals surface area contributed by atoms with Crippen molar-refractivity contribution in [3.8, 4) is 11.8 Å². The Morgan fingerprint density at radius 2 is 2.05 bits per heavy atom. The highest BCUT2D eigenvalue weighted by Crippen LogP contribution is 2.27. The van der Waals surface area contributed by atoms with Crippen molar-refractivity contribution >= 4 is 5.91 Å². The highest BCUT2D eigenvalue weighted by molar-refractivity contribution is 5.97. The van der Waals surface area contributed by atoms with Crippen LogP contribution in [0.5, 0.6) is 5.75 Å². The van der Waals surface area contributed by atoms with E-state index in [0.29, 0.717) is 13.1 Å². The van der Waals surface area contributed by atoms with Crippen molar-refractivity contribution in [2.75, 3.05) is 26.7 Å². The number of carbonyl (C=O) groups is 1. The molecule has 8 heteroatoms. The summed E-state index contributed by atoms with van der Waals surface area (Å²) in [5, 5.41) is 9.04. The van der Waals surface area contributed by atoms with E-state index < -0.39 is 24.1 Å². The predicted octanol–water partition coefficient (Wildman–Crippen LogP) is 1.86. The summed E-state index contributed by atoms with van der Waals surface area (Å²) in [5.41, 5.74) is -0.166. The van der Waals surface area contributed by atoms with Gasteiger partial charge in [0.25, 0.3) is 5.91 Å². The largest absolute Gasteiger partial charge is 0.573 e. The van der Waals surface area contributed by atoms with Crippen LogP contribution in [0.1, 0.15) is 10.4 Å². The molecule has 0 spiro atoms.